The molecule has 0 spiro atoms. The Morgan fingerprint density at radius 3 is 2.81 bits per heavy atom. The van der Waals surface area contributed by atoms with Gasteiger partial charge in [0.1, 0.15) is 5.75 Å². The van der Waals surface area contributed by atoms with Gasteiger partial charge in [0, 0.05) is 24.6 Å². The summed E-state index contributed by atoms with van der Waals surface area (Å²) in [5.74, 6) is 2.87. The first kappa shape index (κ1) is 15.5. The second kappa shape index (κ2) is 7.78. The number of ether oxygens (including phenoxy) is 1. The van der Waals surface area contributed by atoms with Gasteiger partial charge in [0.2, 0.25) is 0 Å². The van der Waals surface area contributed by atoms with Gasteiger partial charge in [-0.15, -0.1) is 0 Å². The van der Waals surface area contributed by atoms with Crippen molar-refractivity contribution in [3.8, 4) is 5.75 Å². The van der Waals surface area contributed by atoms with E-state index in [2.05, 4.69) is 9.89 Å². The molecule has 1 aromatic carbocycles. The number of hydrogen-bond donors (Lipinski definition) is 2. The van der Waals surface area contributed by atoms with E-state index < -0.39 is 5.91 Å². The Balaban J connectivity index is 1.92. The maximum Gasteiger partial charge on any atom is 0.255 e. The van der Waals surface area contributed by atoms with Crippen LogP contribution in [0.4, 0.5) is 0 Å². The van der Waals surface area contributed by atoms with Crippen molar-refractivity contribution >= 4 is 23.6 Å². The number of nitrogens with zero attached hydrogens (tertiary/aromatic N) is 2. The van der Waals surface area contributed by atoms with Crippen LogP contribution in [0.15, 0.2) is 29.3 Å². The molecule has 0 radical (unpaired) electrons. The van der Waals surface area contributed by atoms with E-state index in [1.807, 2.05) is 30.0 Å². The second-order valence-corrected chi connectivity index (χ2v) is 5.90. The van der Waals surface area contributed by atoms with Crippen LogP contribution in [0.1, 0.15) is 5.56 Å². The van der Waals surface area contributed by atoms with Crippen molar-refractivity contribution in [1.82, 2.24) is 4.90 Å². The van der Waals surface area contributed by atoms with Crippen molar-refractivity contribution in [3.05, 3.63) is 29.8 Å². The monoisotopic (exact) mass is 308 g/mol. The van der Waals surface area contributed by atoms with E-state index in [1.54, 1.807) is 6.07 Å². The lowest BCUT2D eigenvalue weighted by Gasteiger charge is -2.27. The van der Waals surface area contributed by atoms with Crippen molar-refractivity contribution in [3.63, 3.8) is 0 Å². The molecule has 1 heterocycles. The van der Waals surface area contributed by atoms with E-state index in [-0.39, 0.29) is 6.61 Å². The van der Waals surface area contributed by atoms with Crippen molar-refractivity contribution < 1.29 is 9.53 Å². The molecule has 0 aliphatic carbocycles. The third-order valence-corrected chi connectivity index (χ3v) is 3.98. The highest BCUT2D eigenvalue weighted by molar-refractivity contribution is 7.99. The van der Waals surface area contributed by atoms with Gasteiger partial charge in [0.15, 0.2) is 12.6 Å². The predicted molar refractivity (Wildman–Crippen MR) is 85.4 cm³/mol. The fraction of sp³-hybridized carbons (Fsp3) is 0.429. The first-order chi connectivity index (χ1) is 10.1. The molecule has 1 aliphatic rings. The maximum atomic E-state index is 10.7. The smallest absolute Gasteiger partial charge is 0.255 e. The summed E-state index contributed by atoms with van der Waals surface area (Å²) in [6, 6.07) is 7.42. The highest BCUT2D eigenvalue weighted by atomic mass is 32.2. The summed E-state index contributed by atoms with van der Waals surface area (Å²) in [4.78, 5) is 17.2. The first-order valence-corrected chi connectivity index (χ1v) is 7.93. The molecular weight excluding hydrogens is 288 g/mol. The van der Waals surface area contributed by atoms with E-state index in [1.165, 1.54) is 0 Å². The Bertz CT molecular complexity index is 515. The Morgan fingerprint density at radius 2 is 2.10 bits per heavy atom. The Labute approximate surface area is 128 Å². The van der Waals surface area contributed by atoms with Gasteiger partial charge in [-0.25, -0.2) is 4.99 Å². The predicted octanol–water partition coefficient (Wildman–Crippen LogP) is 0.414. The van der Waals surface area contributed by atoms with E-state index in [9.17, 15) is 4.79 Å². The molecule has 1 saturated heterocycles. The number of nitrogens with two attached hydrogens (primary N) is 2. The molecule has 114 valence electrons. The minimum absolute atomic E-state index is 0.125. The molecule has 2 rings (SSSR count). The number of guanidine groups is 1. The summed E-state index contributed by atoms with van der Waals surface area (Å²) < 4.78 is 5.26. The van der Waals surface area contributed by atoms with Gasteiger partial charge in [-0.1, -0.05) is 12.1 Å². The van der Waals surface area contributed by atoms with E-state index in [0.717, 1.165) is 30.2 Å². The van der Waals surface area contributed by atoms with E-state index in [4.69, 9.17) is 16.2 Å². The average molecular weight is 308 g/mol. The minimum Gasteiger partial charge on any atom is -0.484 e. The van der Waals surface area contributed by atoms with Crippen molar-refractivity contribution in [1.29, 1.82) is 0 Å². The van der Waals surface area contributed by atoms with Crippen LogP contribution in [-0.4, -0.2) is 48.0 Å². The molecule has 1 aliphatic heterocycles. The number of thioether (sulfide) groups is 1. The van der Waals surface area contributed by atoms with Crippen LogP contribution < -0.4 is 16.2 Å². The van der Waals surface area contributed by atoms with Crippen molar-refractivity contribution in [2.45, 2.75) is 6.54 Å². The van der Waals surface area contributed by atoms with Crippen LogP contribution in [0, 0.1) is 0 Å². The molecule has 0 aromatic heterocycles. The minimum atomic E-state index is -0.495. The number of aliphatic imine (C=N–C) groups is 1. The van der Waals surface area contributed by atoms with Gasteiger partial charge in [0.25, 0.3) is 5.91 Å². The zero-order valence-corrected chi connectivity index (χ0v) is 12.6. The lowest BCUT2D eigenvalue weighted by Crippen LogP contribution is -2.42. The number of primary amides is 1. The zero-order chi connectivity index (χ0) is 15.1. The largest absolute Gasteiger partial charge is 0.484 e. The van der Waals surface area contributed by atoms with Gasteiger partial charge >= 0.3 is 0 Å². The lowest BCUT2D eigenvalue weighted by molar-refractivity contribution is -0.119. The van der Waals surface area contributed by atoms with Gasteiger partial charge in [0.05, 0.1) is 6.54 Å². The van der Waals surface area contributed by atoms with Crippen molar-refractivity contribution in [2.24, 2.45) is 16.5 Å². The molecule has 0 unspecified atom stereocenters. The summed E-state index contributed by atoms with van der Waals surface area (Å²) in [7, 11) is 0. The Kier molecular flexibility index (Phi) is 5.74. The van der Waals surface area contributed by atoms with E-state index in [0.29, 0.717) is 18.3 Å². The van der Waals surface area contributed by atoms with Crippen LogP contribution in [0.25, 0.3) is 0 Å². The molecule has 21 heavy (non-hydrogen) atoms. The van der Waals surface area contributed by atoms with Crippen LogP contribution >= 0.6 is 11.8 Å². The fourth-order valence-corrected chi connectivity index (χ4v) is 2.86. The van der Waals surface area contributed by atoms with E-state index >= 15 is 0 Å². The first-order valence-electron chi connectivity index (χ1n) is 6.78. The third-order valence-electron chi connectivity index (χ3n) is 3.04. The molecule has 6 nitrogen and oxygen atoms in total. The number of rotatable bonds is 5. The number of hydrogen-bond acceptors (Lipinski definition) is 4. The summed E-state index contributed by atoms with van der Waals surface area (Å²) in [6.07, 6.45) is 0. The molecule has 0 saturated carbocycles. The number of amides is 1. The van der Waals surface area contributed by atoms with Crippen LogP contribution in [-0.2, 0) is 11.3 Å². The molecule has 7 heteroatoms. The van der Waals surface area contributed by atoms with Gasteiger partial charge in [-0.3, -0.25) is 4.79 Å². The van der Waals surface area contributed by atoms with Gasteiger partial charge in [-0.2, -0.15) is 11.8 Å². The number of carbonyl (C=O) groups is 1. The second-order valence-electron chi connectivity index (χ2n) is 4.68. The summed E-state index contributed by atoms with van der Waals surface area (Å²) in [5, 5.41) is 0. The van der Waals surface area contributed by atoms with Gasteiger partial charge in [-0.05, 0) is 17.7 Å². The average Bonchev–Trinajstić information content (AvgIpc) is 2.52. The SMILES string of the molecule is NC(=O)COc1cccc(CN=C(N)N2CCSCC2)c1. The maximum absolute atomic E-state index is 10.7. The molecule has 0 atom stereocenters. The molecular formula is C14H20N4O2S. The topological polar surface area (TPSA) is 93.9 Å². The molecule has 4 N–H and O–H groups in total. The third kappa shape index (κ3) is 5.18. The Hall–Kier alpha value is -1.89. The van der Waals surface area contributed by atoms with Crippen molar-refractivity contribution in [2.75, 3.05) is 31.2 Å². The van der Waals surface area contributed by atoms with Gasteiger partial charge < -0.3 is 21.1 Å². The summed E-state index contributed by atoms with van der Waals surface area (Å²) in [5.41, 5.74) is 12.0. The van der Waals surface area contributed by atoms with Crippen LogP contribution in [0.2, 0.25) is 0 Å². The standard InChI is InChI=1S/C14H20N4O2S/c15-13(19)10-20-12-3-1-2-11(8-12)9-17-14(16)18-4-6-21-7-5-18/h1-3,8H,4-7,9-10H2,(H2,15,19)(H2,16,17). The Morgan fingerprint density at radius 1 is 1.33 bits per heavy atom. The zero-order valence-electron chi connectivity index (χ0n) is 11.8. The molecule has 1 amide bonds. The molecule has 0 bridgehead atoms. The molecule has 1 aromatic rings. The molecule has 1 fully saturated rings. The summed E-state index contributed by atoms with van der Waals surface area (Å²) >= 11 is 1.93. The quantitative estimate of drug-likeness (QED) is 0.607. The van der Waals surface area contributed by atoms with Crippen LogP contribution in [0.3, 0.4) is 0 Å². The highest BCUT2D eigenvalue weighted by Crippen LogP contribution is 2.14. The van der Waals surface area contributed by atoms with Crippen LogP contribution in [0.5, 0.6) is 5.75 Å². The highest BCUT2D eigenvalue weighted by Gasteiger charge is 2.11. The lowest BCUT2D eigenvalue weighted by atomic mass is 10.2. The fourth-order valence-electron chi connectivity index (χ4n) is 1.95. The summed E-state index contributed by atoms with van der Waals surface area (Å²) in [6.45, 7) is 2.26. The normalized spacial score (nSPS) is 15.8. The number of carbonyl (C=O) groups excluding carboxylic acids is 1. The number of benzene rings is 1.